The number of carbonyl (C=O) groups excluding carboxylic acids is 1. The summed E-state index contributed by atoms with van der Waals surface area (Å²) in [6.45, 7) is 6.88. The normalized spacial score (nSPS) is 14.2. The van der Waals surface area contributed by atoms with Gasteiger partial charge in [-0.3, -0.25) is 14.7 Å². The van der Waals surface area contributed by atoms with Gasteiger partial charge in [0.15, 0.2) is 11.0 Å². The van der Waals surface area contributed by atoms with Crippen molar-refractivity contribution in [1.29, 1.82) is 0 Å². The molecule has 4 rings (SSSR count). The third-order valence-corrected chi connectivity index (χ3v) is 7.40. The Morgan fingerprint density at radius 3 is 2.85 bits per heavy atom. The summed E-state index contributed by atoms with van der Waals surface area (Å²) in [5.41, 5.74) is 0.856. The first kappa shape index (κ1) is 23.4. The molecular formula is C23H28N6O2S2. The lowest BCUT2D eigenvalue weighted by Gasteiger charge is -2.18. The maximum Gasteiger partial charge on any atom is 0.236 e. The van der Waals surface area contributed by atoms with Crippen LogP contribution in [0.15, 0.2) is 42.1 Å². The number of rotatable bonds is 10. The molecule has 174 valence electrons. The summed E-state index contributed by atoms with van der Waals surface area (Å²) in [6.07, 6.45) is 7.88. The molecule has 0 aliphatic heterocycles. The van der Waals surface area contributed by atoms with Gasteiger partial charge in [-0.25, -0.2) is 0 Å². The van der Waals surface area contributed by atoms with E-state index in [4.69, 9.17) is 4.74 Å². The van der Waals surface area contributed by atoms with Crippen molar-refractivity contribution in [2.75, 3.05) is 17.7 Å². The van der Waals surface area contributed by atoms with Crippen molar-refractivity contribution >= 4 is 34.1 Å². The maximum atomic E-state index is 12.6. The minimum atomic E-state index is -0.143. The maximum absolute atomic E-state index is 12.6. The minimum Gasteiger partial charge on any atom is -0.493 e. The molecule has 0 atom stereocenters. The quantitative estimate of drug-likeness (QED) is 0.314. The predicted octanol–water partition coefficient (Wildman–Crippen LogP) is 5.16. The SMILES string of the molecule is C=CCn1c(SCC(=O)Nc2nnc(C3CCCCC3)s2)nnc1-c1ccccc1OCC. The Morgan fingerprint density at radius 2 is 2.06 bits per heavy atom. The molecule has 0 spiro atoms. The van der Waals surface area contributed by atoms with E-state index in [9.17, 15) is 4.79 Å². The molecule has 0 saturated heterocycles. The third kappa shape index (κ3) is 5.80. The number of aromatic nitrogens is 5. The number of benzene rings is 1. The van der Waals surface area contributed by atoms with Crippen LogP contribution in [0, 0.1) is 0 Å². The van der Waals surface area contributed by atoms with Crippen molar-refractivity contribution < 1.29 is 9.53 Å². The Morgan fingerprint density at radius 1 is 1.24 bits per heavy atom. The van der Waals surface area contributed by atoms with Crippen LogP contribution in [0.25, 0.3) is 11.4 Å². The number of carbonyl (C=O) groups is 1. The molecule has 3 aromatic rings. The number of thioether (sulfide) groups is 1. The fourth-order valence-electron chi connectivity index (χ4n) is 3.91. The van der Waals surface area contributed by atoms with Crippen LogP contribution in [0.1, 0.15) is 50.0 Å². The van der Waals surface area contributed by atoms with Crippen molar-refractivity contribution in [3.05, 3.63) is 41.9 Å². The number of anilines is 1. The summed E-state index contributed by atoms with van der Waals surface area (Å²) in [7, 11) is 0. The number of hydrogen-bond acceptors (Lipinski definition) is 8. The first-order valence-corrected chi connectivity index (χ1v) is 13.0. The van der Waals surface area contributed by atoms with E-state index in [1.807, 2.05) is 35.8 Å². The smallest absolute Gasteiger partial charge is 0.236 e. The second-order valence-electron chi connectivity index (χ2n) is 7.75. The number of nitrogens with zero attached hydrogens (tertiary/aromatic N) is 5. The Labute approximate surface area is 201 Å². The Bertz CT molecular complexity index is 1090. The number of hydrogen-bond donors (Lipinski definition) is 1. The first-order valence-electron chi connectivity index (χ1n) is 11.2. The topological polar surface area (TPSA) is 94.8 Å². The van der Waals surface area contributed by atoms with Crippen LogP contribution in [0.5, 0.6) is 5.75 Å². The van der Waals surface area contributed by atoms with Crippen LogP contribution in [-0.2, 0) is 11.3 Å². The van der Waals surface area contributed by atoms with Crippen LogP contribution in [-0.4, -0.2) is 43.2 Å². The van der Waals surface area contributed by atoms with Crippen LogP contribution in [0.4, 0.5) is 5.13 Å². The average molecular weight is 485 g/mol. The molecule has 1 fully saturated rings. The number of allylic oxidation sites excluding steroid dienone is 1. The fourth-order valence-corrected chi connectivity index (χ4v) is 5.58. The molecule has 1 saturated carbocycles. The summed E-state index contributed by atoms with van der Waals surface area (Å²) in [6, 6.07) is 7.73. The lowest BCUT2D eigenvalue weighted by molar-refractivity contribution is -0.113. The zero-order valence-corrected chi connectivity index (χ0v) is 20.3. The summed E-state index contributed by atoms with van der Waals surface area (Å²) in [5.74, 6) is 1.96. The van der Waals surface area contributed by atoms with Gasteiger partial charge in [-0.2, -0.15) is 0 Å². The highest BCUT2D eigenvalue weighted by Gasteiger charge is 2.21. The molecule has 0 bridgehead atoms. The van der Waals surface area contributed by atoms with E-state index in [-0.39, 0.29) is 11.7 Å². The highest BCUT2D eigenvalue weighted by atomic mass is 32.2. The Balaban J connectivity index is 1.42. The summed E-state index contributed by atoms with van der Waals surface area (Å²) >= 11 is 2.81. The van der Waals surface area contributed by atoms with E-state index in [0.717, 1.165) is 29.2 Å². The number of ether oxygens (including phenoxy) is 1. The van der Waals surface area contributed by atoms with E-state index in [0.29, 0.717) is 35.2 Å². The molecule has 10 heteroatoms. The van der Waals surface area contributed by atoms with E-state index < -0.39 is 0 Å². The van der Waals surface area contributed by atoms with E-state index in [2.05, 4.69) is 32.3 Å². The molecule has 8 nitrogen and oxygen atoms in total. The molecule has 2 aromatic heterocycles. The Kier molecular flexibility index (Phi) is 8.11. The van der Waals surface area contributed by atoms with Crippen LogP contribution in [0.2, 0.25) is 0 Å². The molecule has 2 heterocycles. The van der Waals surface area contributed by atoms with E-state index >= 15 is 0 Å². The lowest BCUT2D eigenvalue weighted by Crippen LogP contribution is -2.14. The Hall–Kier alpha value is -2.72. The van der Waals surface area contributed by atoms with Gasteiger partial charge in [0.25, 0.3) is 0 Å². The summed E-state index contributed by atoms with van der Waals surface area (Å²) in [5, 5.41) is 22.3. The number of para-hydroxylation sites is 1. The van der Waals surface area contributed by atoms with Crippen molar-refractivity contribution in [1.82, 2.24) is 25.0 Å². The van der Waals surface area contributed by atoms with Crippen molar-refractivity contribution in [3.8, 4) is 17.1 Å². The number of amides is 1. The molecule has 0 unspecified atom stereocenters. The van der Waals surface area contributed by atoms with Gasteiger partial charge in [-0.15, -0.1) is 27.0 Å². The van der Waals surface area contributed by atoms with Crippen LogP contribution in [0.3, 0.4) is 0 Å². The van der Waals surface area contributed by atoms with Crippen LogP contribution >= 0.6 is 23.1 Å². The number of nitrogens with one attached hydrogen (secondary N) is 1. The predicted molar refractivity (Wildman–Crippen MR) is 132 cm³/mol. The second kappa shape index (κ2) is 11.4. The largest absolute Gasteiger partial charge is 0.493 e. The molecule has 1 amide bonds. The molecule has 33 heavy (non-hydrogen) atoms. The zero-order chi connectivity index (χ0) is 23.0. The highest BCUT2D eigenvalue weighted by Crippen LogP contribution is 2.35. The van der Waals surface area contributed by atoms with E-state index in [1.165, 1.54) is 42.4 Å². The van der Waals surface area contributed by atoms with Crippen molar-refractivity contribution in [2.45, 2.75) is 56.6 Å². The van der Waals surface area contributed by atoms with Gasteiger partial charge in [0, 0.05) is 12.5 Å². The molecule has 1 aromatic carbocycles. The molecule has 1 aliphatic carbocycles. The zero-order valence-electron chi connectivity index (χ0n) is 18.7. The summed E-state index contributed by atoms with van der Waals surface area (Å²) in [4.78, 5) is 12.6. The molecule has 1 N–H and O–H groups in total. The van der Waals surface area contributed by atoms with Gasteiger partial charge in [-0.05, 0) is 31.9 Å². The van der Waals surface area contributed by atoms with E-state index in [1.54, 1.807) is 6.08 Å². The van der Waals surface area contributed by atoms with Gasteiger partial charge in [0.05, 0.1) is 17.9 Å². The lowest BCUT2D eigenvalue weighted by atomic mass is 9.90. The summed E-state index contributed by atoms with van der Waals surface area (Å²) < 4.78 is 7.69. The van der Waals surface area contributed by atoms with Gasteiger partial charge >= 0.3 is 0 Å². The van der Waals surface area contributed by atoms with Crippen molar-refractivity contribution in [3.63, 3.8) is 0 Å². The monoisotopic (exact) mass is 484 g/mol. The molecule has 0 radical (unpaired) electrons. The van der Waals surface area contributed by atoms with Gasteiger partial charge in [0.2, 0.25) is 11.0 Å². The average Bonchev–Trinajstić information content (AvgIpc) is 3.46. The van der Waals surface area contributed by atoms with Gasteiger partial charge < -0.3 is 4.74 Å². The third-order valence-electron chi connectivity index (χ3n) is 5.43. The molecular weight excluding hydrogens is 456 g/mol. The second-order valence-corrected chi connectivity index (χ2v) is 9.70. The standard InChI is InChI=1S/C23H28N6O2S2/c1-3-14-29-20(17-12-8-9-13-18(17)31-4-2)25-28-23(29)32-15-19(30)24-22-27-26-21(33-22)16-10-6-5-7-11-16/h3,8-9,12-13,16H,1,4-7,10-11,14-15H2,2H3,(H,24,27,30). The first-order chi connectivity index (χ1) is 16.2. The minimum absolute atomic E-state index is 0.143. The van der Waals surface area contributed by atoms with Crippen LogP contribution < -0.4 is 10.1 Å². The van der Waals surface area contributed by atoms with Crippen molar-refractivity contribution in [2.24, 2.45) is 0 Å². The fraction of sp³-hybridized carbons (Fsp3) is 0.435. The highest BCUT2D eigenvalue weighted by molar-refractivity contribution is 7.99. The van der Waals surface area contributed by atoms with Gasteiger partial charge in [-0.1, -0.05) is 60.6 Å². The molecule has 1 aliphatic rings. The van der Waals surface area contributed by atoms with Gasteiger partial charge in [0.1, 0.15) is 10.8 Å².